The Bertz CT molecular complexity index is 360. The molecule has 0 saturated heterocycles. The Labute approximate surface area is 118 Å². The molecule has 0 spiro atoms. The highest BCUT2D eigenvalue weighted by Crippen LogP contribution is 2.35. The maximum Gasteiger partial charge on any atom is 0.303 e. The summed E-state index contributed by atoms with van der Waals surface area (Å²) in [6.45, 7) is 2.19. The van der Waals surface area contributed by atoms with E-state index < -0.39 is 5.97 Å². The highest BCUT2D eigenvalue weighted by Gasteiger charge is 2.21. The van der Waals surface area contributed by atoms with Gasteiger partial charge < -0.3 is 5.11 Å². The Morgan fingerprint density at radius 3 is 2.39 bits per heavy atom. The zero-order valence-electron chi connectivity index (χ0n) is 10.9. The molecular formula is C15H21BrO2. The molecule has 100 valence electrons. The summed E-state index contributed by atoms with van der Waals surface area (Å²) >= 11 is 3.79. The van der Waals surface area contributed by atoms with Crippen LogP contribution in [0.2, 0.25) is 0 Å². The fourth-order valence-electron chi connectivity index (χ4n) is 2.02. The molecule has 2 nitrogen and oxygen atoms in total. The first-order chi connectivity index (χ1) is 8.52. The van der Waals surface area contributed by atoms with Gasteiger partial charge in [0.1, 0.15) is 0 Å². The van der Waals surface area contributed by atoms with E-state index >= 15 is 0 Å². The molecule has 0 aliphatic heterocycles. The van der Waals surface area contributed by atoms with E-state index in [0.717, 1.165) is 32.1 Å². The van der Waals surface area contributed by atoms with Crippen molar-refractivity contribution >= 4 is 21.9 Å². The van der Waals surface area contributed by atoms with Crippen LogP contribution in [0, 0.1) is 0 Å². The van der Waals surface area contributed by atoms with Gasteiger partial charge in [-0.3, -0.25) is 4.79 Å². The molecule has 1 atom stereocenters. The number of carbonyl (C=O) groups is 1. The van der Waals surface area contributed by atoms with Gasteiger partial charge in [0.25, 0.3) is 0 Å². The first kappa shape index (κ1) is 15.2. The number of unbranched alkanes of at least 4 members (excludes halogenated alkanes) is 3. The van der Waals surface area contributed by atoms with Crippen molar-refractivity contribution in [3.05, 3.63) is 35.9 Å². The predicted molar refractivity (Wildman–Crippen MR) is 78.1 cm³/mol. The largest absolute Gasteiger partial charge is 0.481 e. The van der Waals surface area contributed by atoms with Gasteiger partial charge in [0, 0.05) is 10.7 Å². The van der Waals surface area contributed by atoms with Crippen LogP contribution in [-0.4, -0.2) is 11.1 Å². The molecule has 0 bridgehead atoms. The van der Waals surface area contributed by atoms with Crippen molar-refractivity contribution in [3.63, 3.8) is 0 Å². The van der Waals surface area contributed by atoms with Crippen LogP contribution in [-0.2, 0) is 9.12 Å². The Kier molecular flexibility index (Phi) is 6.41. The standard InChI is InChI=1S/C15H21BrO2/c1-15(16,13-9-5-4-6-10-13)12-8-3-2-7-11-14(17)18/h4-6,9-10H,2-3,7-8,11-12H2,1H3,(H,17,18). The van der Waals surface area contributed by atoms with Crippen LogP contribution in [0.5, 0.6) is 0 Å². The van der Waals surface area contributed by atoms with Gasteiger partial charge >= 0.3 is 5.97 Å². The average molecular weight is 313 g/mol. The molecule has 18 heavy (non-hydrogen) atoms. The second kappa shape index (κ2) is 7.57. The summed E-state index contributed by atoms with van der Waals surface area (Å²) in [5.41, 5.74) is 1.30. The molecule has 0 amide bonds. The summed E-state index contributed by atoms with van der Waals surface area (Å²) in [6.07, 6.45) is 5.38. The third-order valence-electron chi connectivity index (χ3n) is 3.16. The lowest BCUT2D eigenvalue weighted by Crippen LogP contribution is -2.12. The minimum atomic E-state index is -0.690. The number of aliphatic carboxylic acids is 1. The first-order valence-corrected chi connectivity index (χ1v) is 7.28. The van der Waals surface area contributed by atoms with E-state index in [1.165, 1.54) is 5.56 Å². The maximum absolute atomic E-state index is 10.4. The summed E-state index contributed by atoms with van der Waals surface area (Å²) < 4.78 is 0.0288. The first-order valence-electron chi connectivity index (χ1n) is 6.48. The molecule has 3 heteroatoms. The van der Waals surface area contributed by atoms with Crippen molar-refractivity contribution in [2.75, 3.05) is 0 Å². The zero-order chi connectivity index (χ0) is 13.4. The molecular weight excluding hydrogens is 292 g/mol. The Balaban J connectivity index is 2.24. The maximum atomic E-state index is 10.4. The monoisotopic (exact) mass is 312 g/mol. The summed E-state index contributed by atoms with van der Waals surface area (Å²) in [6, 6.07) is 10.4. The van der Waals surface area contributed by atoms with Gasteiger partial charge in [-0.2, -0.15) is 0 Å². The highest BCUT2D eigenvalue weighted by molar-refractivity contribution is 9.09. The number of rotatable bonds is 8. The van der Waals surface area contributed by atoms with Crippen LogP contribution in [0.3, 0.4) is 0 Å². The van der Waals surface area contributed by atoms with Gasteiger partial charge in [0.15, 0.2) is 0 Å². The molecule has 0 saturated carbocycles. The number of halogens is 1. The van der Waals surface area contributed by atoms with Crippen LogP contribution in [0.4, 0.5) is 0 Å². The highest BCUT2D eigenvalue weighted by atomic mass is 79.9. The third-order valence-corrected chi connectivity index (χ3v) is 4.02. The summed E-state index contributed by atoms with van der Waals surface area (Å²) in [5.74, 6) is -0.690. The molecule has 1 N–H and O–H groups in total. The lowest BCUT2D eigenvalue weighted by atomic mass is 9.94. The van der Waals surface area contributed by atoms with Crippen molar-refractivity contribution in [1.82, 2.24) is 0 Å². The van der Waals surface area contributed by atoms with Crippen LogP contribution in [0.15, 0.2) is 30.3 Å². The predicted octanol–water partition coefficient (Wildman–Crippen LogP) is 4.72. The molecule has 0 radical (unpaired) electrons. The second-order valence-corrected chi connectivity index (χ2v) is 6.62. The second-order valence-electron chi connectivity index (χ2n) is 4.87. The molecule has 0 heterocycles. The Hall–Kier alpha value is -0.830. The lowest BCUT2D eigenvalue weighted by molar-refractivity contribution is -0.137. The summed E-state index contributed by atoms with van der Waals surface area (Å²) in [5, 5.41) is 8.54. The van der Waals surface area contributed by atoms with Gasteiger partial charge in [-0.15, -0.1) is 0 Å². The topological polar surface area (TPSA) is 37.3 Å². The zero-order valence-corrected chi connectivity index (χ0v) is 12.4. The number of carboxylic acids is 1. The molecule has 1 unspecified atom stereocenters. The third kappa shape index (κ3) is 5.67. The van der Waals surface area contributed by atoms with E-state index in [1.54, 1.807) is 0 Å². The van der Waals surface area contributed by atoms with E-state index in [0.29, 0.717) is 6.42 Å². The van der Waals surface area contributed by atoms with Crippen LogP contribution < -0.4 is 0 Å². The number of hydrogen-bond acceptors (Lipinski definition) is 1. The van der Waals surface area contributed by atoms with Gasteiger partial charge in [-0.05, 0) is 25.3 Å². The molecule has 0 aliphatic carbocycles. The van der Waals surface area contributed by atoms with Gasteiger partial charge in [0.2, 0.25) is 0 Å². The van der Waals surface area contributed by atoms with Gasteiger partial charge in [-0.25, -0.2) is 0 Å². The molecule has 1 aromatic carbocycles. The number of carboxylic acid groups (broad SMARTS) is 1. The van der Waals surface area contributed by atoms with E-state index in [9.17, 15) is 4.79 Å². The van der Waals surface area contributed by atoms with Crippen molar-refractivity contribution < 1.29 is 9.90 Å². The fraction of sp³-hybridized carbons (Fsp3) is 0.533. The van der Waals surface area contributed by atoms with Crippen LogP contribution in [0.25, 0.3) is 0 Å². The number of benzene rings is 1. The van der Waals surface area contributed by atoms with Crippen molar-refractivity contribution in [2.45, 2.75) is 49.8 Å². The molecule has 0 aliphatic rings. The van der Waals surface area contributed by atoms with Crippen molar-refractivity contribution in [3.8, 4) is 0 Å². The van der Waals surface area contributed by atoms with Crippen molar-refractivity contribution in [2.24, 2.45) is 0 Å². The molecule has 0 fully saturated rings. The smallest absolute Gasteiger partial charge is 0.303 e. The molecule has 1 aromatic rings. The normalized spacial score (nSPS) is 14.1. The lowest BCUT2D eigenvalue weighted by Gasteiger charge is -2.23. The van der Waals surface area contributed by atoms with E-state index in [-0.39, 0.29) is 4.32 Å². The minimum absolute atomic E-state index is 0.0288. The fourth-order valence-corrected chi connectivity index (χ4v) is 2.56. The quantitative estimate of drug-likeness (QED) is 0.557. The molecule has 0 aromatic heterocycles. The summed E-state index contributed by atoms with van der Waals surface area (Å²) in [7, 11) is 0. The van der Waals surface area contributed by atoms with Crippen molar-refractivity contribution in [1.29, 1.82) is 0 Å². The average Bonchev–Trinajstić information content (AvgIpc) is 2.34. The summed E-state index contributed by atoms with van der Waals surface area (Å²) in [4.78, 5) is 10.4. The van der Waals surface area contributed by atoms with Gasteiger partial charge in [0.05, 0.1) is 0 Å². The number of alkyl halides is 1. The SMILES string of the molecule is CC(Br)(CCCCCCC(=O)O)c1ccccc1. The van der Waals surface area contributed by atoms with E-state index in [1.807, 2.05) is 6.07 Å². The number of hydrogen-bond donors (Lipinski definition) is 1. The van der Waals surface area contributed by atoms with Gasteiger partial charge in [-0.1, -0.05) is 65.5 Å². The Morgan fingerprint density at radius 2 is 1.78 bits per heavy atom. The minimum Gasteiger partial charge on any atom is -0.481 e. The van der Waals surface area contributed by atoms with Crippen LogP contribution >= 0.6 is 15.9 Å². The van der Waals surface area contributed by atoms with Crippen LogP contribution in [0.1, 0.15) is 51.0 Å². The Morgan fingerprint density at radius 1 is 1.17 bits per heavy atom. The molecule has 1 rings (SSSR count). The van der Waals surface area contributed by atoms with E-state index in [2.05, 4.69) is 47.1 Å². The van der Waals surface area contributed by atoms with E-state index in [4.69, 9.17) is 5.11 Å².